The van der Waals surface area contributed by atoms with Gasteiger partial charge in [0.2, 0.25) is 6.29 Å². The van der Waals surface area contributed by atoms with Crippen molar-refractivity contribution in [1.82, 2.24) is 9.88 Å². The topological polar surface area (TPSA) is 177 Å². The summed E-state index contributed by atoms with van der Waals surface area (Å²) in [4.78, 5) is 46.2. The van der Waals surface area contributed by atoms with Crippen LogP contribution >= 0.6 is 0 Å². The lowest BCUT2D eigenvalue weighted by Gasteiger charge is -2.17. The Morgan fingerprint density at radius 3 is 1.85 bits per heavy atom. The molecule has 46 heavy (non-hydrogen) atoms. The number of pyridine rings is 1. The Morgan fingerprint density at radius 1 is 0.870 bits per heavy atom. The number of halogens is 9. The van der Waals surface area contributed by atoms with Crippen molar-refractivity contribution in [3.8, 4) is 5.75 Å². The first-order valence-corrected chi connectivity index (χ1v) is 12.5. The third-order valence-electron chi connectivity index (χ3n) is 5.25. The molecule has 1 aromatic carbocycles. The number of hydrogen-bond donors (Lipinski definition) is 3. The fourth-order valence-electron chi connectivity index (χ4n) is 3.15. The molecule has 4 N–H and O–H groups in total. The molecule has 0 atom stereocenters. The standard InChI is InChI=1S/C20H23N5O3.C4F6O2.C2HF3O/c21-18(22)14-4-3-5-16(12-14)27-10-11-28-20(26)15-6-7-17(24-13-15)19(23)25-8-1-2-9-25;5-3(6,7)1(11)2(12)4(8,9)10;3-2(4,5)1-6/h3-7,12-13,23H,1-2,8-11H2,(H3,21,22);;1H. The second-order valence-corrected chi connectivity index (χ2v) is 8.71. The number of esters is 1. The quantitative estimate of drug-likeness (QED) is 0.0711. The molecular formula is C26H24F9N5O6. The first-order valence-electron chi connectivity index (χ1n) is 12.5. The number of alkyl halides is 9. The van der Waals surface area contributed by atoms with Crippen molar-refractivity contribution in [3.63, 3.8) is 0 Å². The molecule has 1 saturated heterocycles. The average Bonchev–Trinajstić information content (AvgIpc) is 3.53. The number of ether oxygens (including phenoxy) is 2. The minimum absolute atomic E-state index is 0.0364. The Labute approximate surface area is 253 Å². The molecule has 0 saturated carbocycles. The van der Waals surface area contributed by atoms with Crippen molar-refractivity contribution in [2.75, 3.05) is 26.3 Å². The zero-order valence-corrected chi connectivity index (χ0v) is 23.2. The number of nitrogens with one attached hydrogen (secondary N) is 2. The van der Waals surface area contributed by atoms with Gasteiger partial charge in [-0.3, -0.25) is 30.2 Å². The molecular weight excluding hydrogens is 649 g/mol. The number of carbonyl (C=O) groups excluding carboxylic acids is 4. The van der Waals surface area contributed by atoms with Crippen LogP contribution in [0.15, 0.2) is 42.6 Å². The van der Waals surface area contributed by atoms with E-state index in [4.69, 9.17) is 30.8 Å². The van der Waals surface area contributed by atoms with Gasteiger partial charge < -0.3 is 20.1 Å². The zero-order valence-electron chi connectivity index (χ0n) is 23.2. The molecule has 20 heteroatoms. The molecule has 3 rings (SSSR count). The number of rotatable bonds is 8. The summed E-state index contributed by atoms with van der Waals surface area (Å²) in [5, 5.41) is 15.6. The highest BCUT2D eigenvalue weighted by atomic mass is 19.4. The fraction of sp³-hybridized carbons (Fsp3) is 0.346. The van der Waals surface area contributed by atoms with Crippen molar-refractivity contribution in [1.29, 1.82) is 10.8 Å². The first kappa shape index (κ1) is 39.0. The van der Waals surface area contributed by atoms with Crippen LogP contribution in [0.5, 0.6) is 5.75 Å². The van der Waals surface area contributed by atoms with E-state index in [2.05, 4.69) is 4.98 Å². The van der Waals surface area contributed by atoms with Gasteiger partial charge in [-0.2, -0.15) is 39.5 Å². The summed E-state index contributed by atoms with van der Waals surface area (Å²) >= 11 is 0. The van der Waals surface area contributed by atoms with E-state index < -0.39 is 42.4 Å². The number of carbonyl (C=O) groups is 4. The minimum Gasteiger partial charge on any atom is -0.490 e. The number of benzene rings is 1. The van der Waals surface area contributed by atoms with Crippen LogP contribution < -0.4 is 10.5 Å². The molecule has 0 radical (unpaired) electrons. The zero-order chi connectivity index (χ0) is 35.3. The summed E-state index contributed by atoms with van der Waals surface area (Å²) < 4.78 is 109. The molecule has 2 heterocycles. The summed E-state index contributed by atoms with van der Waals surface area (Å²) in [5.74, 6) is -6.41. The maximum Gasteiger partial charge on any atom is 0.458 e. The summed E-state index contributed by atoms with van der Waals surface area (Å²) in [5.41, 5.74) is 6.89. The van der Waals surface area contributed by atoms with Gasteiger partial charge >= 0.3 is 36.1 Å². The number of hydrogen-bond acceptors (Lipinski definition) is 9. The second kappa shape index (κ2) is 16.9. The van der Waals surface area contributed by atoms with Crippen LogP contribution in [0.1, 0.15) is 34.5 Å². The monoisotopic (exact) mass is 673 g/mol. The highest BCUT2D eigenvalue weighted by Gasteiger charge is 2.54. The van der Waals surface area contributed by atoms with Crippen molar-refractivity contribution in [3.05, 3.63) is 59.4 Å². The molecule has 1 aliphatic rings. The number of nitrogens with two attached hydrogens (primary N) is 1. The largest absolute Gasteiger partial charge is 0.490 e. The van der Waals surface area contributed by atoms with E-state index >= 15 is 0 Å². The summed E-state index contributed by atoms with van der Waals surface area (Å²) in [6.45, 7) is 2.01. The molecule has 11 nitrogen and oxygen atoms in total. The average molecular weight is 673 g/mol. The van der Waals surface area contributed by atoms with Crippen molar-refractivity contribution in [2.24, 2.45) is 5.73 Å². The van der Waals surface area contributed by atoms with Crippen molar-refractivity contribution >= 4 is 35.5 Å². The first-order chi connectivity index (χ1) is 21.2. The number of amidine groups is 2. The van der Waals surface area contributed by atoms with Gasteiger partial charge in [0.15, 0.2) is 0 Å². The number of nitrogens with zero attached hydrogens (tertiary/aromatic N) is 2. The molecule has 0 amide bonds. The van der Waals surface area contributed by atoms with E-state index in [0.717, 1.165) is 25.9 Å². The van der Waals surface area contributed by atoms with Gasteiger partial charge in [-0.1, -0.05) is 12.1 Å². The molecule has 0 aliphatic carbocycles. The van der Waals surface area contributed by atoms with Crippen molar-refractivity contribution in [2.45, 2.75) is 31.4 Å². The van der Waals surface area contributed by atoms with Gasteiger partial charge in [-0.15, -0.1) is 0 Å². The van der Waals surface area contributed by atoms with E-state index in [1.54, 1.807) is 36.4 Å². The van der Waals surface area contributed by atoms with Crippen LogP contribution in [0, 0.1) is 10.8 Å². The maximum atomic E-state index is 12.1. The lowest BCUT2D eigenvalue weighted by molar-refractivity contribution is -0.193. The minimum atomic E-state index is -5.77. The Kier molecular flexibility index (Phi) is 14.3. The molecule has 0 spiro atoms. The second-order valence-electron chi connectivity index (χ2n) is 8.71. The third kappa shape index (κ3) is 13.7. The number of aromatic nitrogens is 1. The van der Waals surface area contributed by atoms with Gasteiger partial charge in [-0.05, 0) is 37.1 Å². The van der Waals surface area contributed by atoms with E-state index in [1.807, 2.05) is 4.90 Å². The van der Waals surface area contributed by atoms with Crippen LogP contribution in [0.4, 0.5) is 39.5 Å². The van der Waals surface area contributed by atoms with Crippen LogP contribution in [-0.4, -0.2) is 90.2 Å². The van der Waals surface area contributed by atoms with Crippen molar-refractivity contribution < 1.29 is 68.2 Å². The number of Topliss-reactive ketones (excluding diaryl/α,β-unsaturated/α-hetero) is 2. The van der Waals surface area contributed by atoms with Crippen LogP contribution in [0.3, 0.4) is 0 Å². The Bertz CT molecular complexity index is 1360. The van der Waals surface area contributed by atoms with E-state index in [-0.39, 0.29) is 19.0 Å². The van der Waals surface area contributed by atoms with Crippen LogP contribution in [-0.2, 0) is 19.1 Å². The summed E-state index contributed by atoms with van der Waals surface area (Å²) in [6.07, 6.45) is -13.6. The van der Waals surface area contributed by atoms with Gasteiger partial charge in [0.25, 0.3) is 0 Å². The van der Waals surface area contributed by atoms with Gasteiger partial charge in [0.1, 0.15) is 36.3 Å². The number of nitrogen functional groups attached to an aromatic ring is 1. The Balaban J connectivity index is 0.000000486. The van der Waals surface area contributed by atoms with Gasteiger partial charge in [-0.25, -0.2) is 4.79 Å². The highest BCUT2D eigenvalue weighted by molar-refractivity contribution is 6.41. The van der Waals surface area contributed by atoms with E-state index in [9.17, 15) is 53.9 Å². The van der Waals surface area contributed by atoms with Crippen LogP contribution in [0.25, 0.3) is 0 Å². The summed E-state index contributed by atoms with van der Waals surface area (Å²) in [6, 6.07) is 10.1. The molecule has 2 aromatic rings. The SMILES string of the molecule is N=C(N)c1cccc(OCCOC(=O)c2ccc(C(=N)N3CCCC3)nc2)c1.O=C(C(=O)C(F)(F)F)C(F)(F)F.O=CC(F)(F)F. The third-order valence-corrected chi connectivity index (χ3v) is 5.25. The molecule has 1 aliphatic heterocycles. The van der Waals surface area contributed by atoms with E-state index in [0.29, 0.717) is 28.4 Å². The Hall–Kier alpha value is -5.04. The number of aldehydes is 1. The number of likely N-dealkylation sites (tertiary alicyclic amines) is 1. The van der Waals surface area contributed by atoms with Crippen LogP contribution in [0.2, 0.25) is 0 Å². The highest BCUT2D eigenvalue weighted by Crippen LogP contribution is 2.24. The van der Waals surface area contributed by atoms with Gasteiger partial charge in [0, 0.05) is 24.8 Å². The molecule has 0 bridgehead atoms. The lowest BCUT2D eigenvalue weighted by Crippen LogP contribution is -2.39. The smallest absolute Gasteiger partial charge is 0.458 e. The predicted octanol–water partition coefficient (Wildman–Crippen LogP) is 4.02. The molecule has 252 valence electrons. The maximum absolute atomic E-state index is 12.1. The number of ketones is 2. The Morgan fingerprint density at radius 2 is 1.41 bits per heavy atom. The van der Waals surface area contributed by atoms with Gasteiger partial charge in [0.05, 0.1) is 5.56 Å². The normalized spacial score (nSPS) is 12.8. The summed E-state index contributed by atoms with van der Waals surface area (Å²) in [7, 11) is 0. The predicted molar refractivity (Wildman–Crippen MR) is 139 cm³/mol. The molecule has 1 fully saturated rings. The fourth-order valence-corrected chi connectivity index (χ4v) is 3.15. The molecule has 1 aromatic heterocycles. The molecule has 0 unspecified atom stereocenters. The van der Waals surface area contributed by atoms with E-state index in [1.165, 1.54) is 6.20 Å². The lowest BCUT2D eigenvalue weighted by atomic mass is 10.2.